The Morgan fingerprint density at radius 3 is 2.36 bits per heavy atom. The van der Waals surface area contributed by atoms with Crippen molar-refractivity contribution in [3.63, 3.8) is 0 Å². The van der Waals surface area contributed by atoms with Crippen LogP contribution in [0, 0.1) is 6.92 Å². The number of hydrogen-bond donors (Lipinski definition) is 0. The Hall–Kier alpha value is -3.86. The Labute approximate surface area is 162 Å². The van der Waals surface area contributed by atoms with E-state index in [1.165, 1.54) is 5.56 Å². The van der Waals surface area contributed by atoms with Crippen LogP contribution < -0.4 is 0 Å². The van der Waals surface area contributed by atoms with Gasteiger partial charge in [0.2, 0.25) is 0 Å². The van der Waals surface area contributed by atoms with Crippen LogP contribution in [0.3, 0.4) is 0 Å². The number of aryl methyl sites for hydroxylation is 1. The van der Waals surface area contributed by atoms with Crippen molar-refractivity contribution in [2.24, 2.45) is 0 Å². The number of pyridine rings is 1. The molecule has 5 heteroatoms. The molecule has 0 unspecified atom stereocenters. The predicted octanol–water partition coefficient (Wildman–Crippen LogP) is 4.85. The predicted molar refractivity (Wildman–Crippen MR) is 110 cm³/mol. The van der Waals surface area contributed by atoms with Gasteiger partial charge < -0.3 is 0 Å². The number of hydrogen-bond acceptors (Lipinski definition) is 4. The molecule has 5 rings (SSSR count). The van der Waals surface area contributed by atoms with Gasteiger partial charge >= 0.3 is 0 Å². The van der Waals surface area contributed by atoms with Gasteiger partial charge in [-0.2, -0.15) is 4.68 Å². The van der Waals surface area contributed by atoms with E-state index in [9.17, 15) is 0 Å². The quantitative estimate of drug-likeness (QED) is 0.460. The van der Waals surface area contributed by atoms with Crippen LogP contribution in [0.5, 0.6) is 0 Å². The minimum Gasteiger partial charge on any atom is -0.255 e. The average molecular weight is 363 g/mol. The SMILES string of the molecule is Cc1ccc(-n2nnnc2-c2cnc3ccccc3c2-c2ccccc2)cc1. The molecule has 134 valence electrons. The number of rotatable bonds is 3. The summed E-state index contributed by atoms with van der Waals surface area (Å²) in [7, 11) is 0. The molecule has 2 heterocycles. The van der Waals surface area contributed by atoms with Gasteiger partial charge in [-0.15, -0.1) is 5.10 Å². The van der Waals surface area contributed by atoms with Gasteiger partial charge in [0.15, 0.2) is 5.82 Å². The van der Waals surface area contributed by atoms with Crippen molar-refractivity contribution in [1.29, 1.82) is 0 Å². The van der Waals surface area contributed by atoms with Gasteiger partial charge in [0, 0.05) is 22.7 Å². The average Bonchev–Trinajstić information content (AvgIpc) is 3.24. The molecule has 0 saturated heterocycles. The van der Waals surface area contributed by atoms with Crippen LogP contribution in [-0.2, 0) is 0 Å². The molecule has 0 aliphatic rings. The lowest BCUT2D eigenvalue weighted by Gasteiger charge is -2.13. The van der Waals surface area contributed by atoms with E-state index in [0.29, 0.717) is 5.82 Å². The van der Waals surface area contributed by atoms with Crippen LogP contribution in [0.25, 0.3) is 39.1 Å². The Kier molecular flexibility index (Phi) is 3.91. The minimum atomic E-state index is 0.668. The molecule has 0 amide bonds. The van der Waals surface area contributed by atoms with E-state index in [0.717, 1.165) is 33.3 Å². The third-order valence-electron chi connectivity index (χ3n) is 4.83. The number of para-hydroxylation sites is 1. The van der Waals surface area contributed by atoms with E-state index in [4.69, 9.17) is 0 Å². The molecule has 0 saturated carbocycles. The summed E-state index contributed by atoms with van der Waals surface area (Å²) in [5.41, 5.74) is 6.13. The highest BCUT2D eigenvalue weighted by Crippen LogP contribution is 2.36. The summed E-state index contributed by atoms with van der Waals surface area (Å²) in [4.78, 5) is 4.66. The zero-order chi connectivity index (χ0) is 18.9. The molecule has 0 radical (unpaired) electrons. The normalized spacial score (nSPS) is 11.0. The fourth-order valence-electron chi connectivity index (χ4n) is 3.44. The van der Waals surface area contributed by atoms with E-state index in [1.54, 1.807) is 4.68 Å². The zero-order valence-electron chi connectivity index (χ0n) is 15.3. The largest absolute Gasteiger partial charge is 0.255 e. The molecule has 0 spiro atoms. The second-order valence-electron chi connectivity index (χ2n) is 6.68. The lowest BCUT2D eigenvalue weighted by molar-refractivity contribution is 0.791. The number of benzene rings is 3. The second-order valence-corrected chi connectivity index (χ2v) is 6.68. The topological polar surface area (TPSA) is 56.5 Å². The van der Waals surface area contributed by atoms with Crippen molar-refractivity contribution < 1.29 is 0 Å². The first-order valence-electron chi connectivity index (χ1n) is 9.10. The highest BCUT2D eigenvalue weighted by atomic mass is 15.5. The standard InChI is InChI=1S/C23H17N5/c1-16-11-13-18(14-12-16)28-23(25-26-27-28)20-15-24-21-10-6-5-9-19(21)22(20)17-7-3-2-4-8-17/h2-15H,1H3. The van der Waals surface area contributed by atoms with E-state index in [1.807, 2.05) is 54.7 Å². The number of nitrogens with zero attached hydrogens (tertiary/aromatic N) is 5. The Morgan fingerprint density at radius 2 is 1.54 bits per heavy atom. The smallest absolute Gasteiger partial charge is 0.189 e. The summed E-state index contributed by atoms with van der Waals surface area (Å²) < 4.78 is 1.76. The van der Waals surface area contributed by atoms with E-state index < -0.39 is 0 Å². The first kappa shape index (κ1) is 16.3. The van der Waals surface area contributed by atoms with Gasteiger partial charge in [0.25, 0.3) is 0 Å². The van der Waals surface area contributed by atoms with Crippen LogP contribution in [0.4, 0.5) is 0 Å². The molecule has 0 aliphatic heterocycles. The Morgan fingerprint density at radius 1 is 0.786 bits per heavy atom. The lowest BCUT2D eigenvalue weighted by Crippen LogP contribution is -2.01. The minimum absolute atomic E-state index is 0.668. The van der Waals surface area contributed by atoms with Crippen LogP contribution in [0.15, 0.2) is 85.1 Å². The van der Waals surface area contributed by atoms with Crippen molar-refractivity contribution in [2.45, 2.75) is 6.92 Å². The van der Waals surface area contributed by atoms with Gasteiger partial charge in [0.1, 0.15) is 0 Å². The van der Waals surface area contributed by atoms with Gasteiger partial charge in [-0.25, -0.2) is 0 Å². The summed E-state index contributed by atoms with van der Waals surface area (Å²) in [6.45, 7) is 2.06. The van der Waals surface area contributed by atoms with Crippen molar-refractivity contribution in [2.75, 3.05) is 0 Å². The summed E-state index contributed by atoms with van der Waals surface area (Å²) in [6.07, 6.45) is 1.86. The second kappa shape index (κ2) is 6.70. The lowest BCUT2D eigenvalue weighted by atomic mass is 9.96. The van der Waals surface area contributed by atoms with Gasteiger partial charge in [-0.05, 0) is 41.1 Å². The van der Waals surface area contributed by atoms with Gasteiger partial charge in [-0.1, -0.05) is 66.2 Å². The van der Waals surface area contributed by atoms with Crippen molar-refractivity contribution in [3.8, 4) is 28.2 Å². The fraction of sp³-hybridized carbons (Fsp3) is 0.0435. The zero-order valence-corrected chi connectivity index (χ0v) is 15.3. The first-order chi connectivity index (χ1) is 13.8. The van der Waals surface area contributed by atoms with Gasteiger partial charge in [0.05, 0.1) is 11.2 Å². The highest BCUT2D eigenvalue weighted by Gasteiger charge is 2.18. The maximum Gasteiger partial charge on any atom is 0.189 e. The molecule has 0 fully saturated rings. The van der Waals surface area contributed by atoms with E-state index in [2.05, 4.69) is 57.8 Å². The molecule has 2 aromatic heterocycles. The molecule has 5 nitrogen and oxygen atoms in total. The third-order valence-corrected chi connectivity index (χ3v) is 4.83. The molecule has 0 aliphatic carbocycles. The molecule has 0 bridgehead atoms. The fourth-order valence-corrected chi connectivity index (χ4v) is 3.44. The number of aromatic nitrogens is 5. The van der Waals surface area contributed by atoms with Gasteiger partial charge in [-0.3, -0.25) is 4.98 Å². The van der Waals surface area contributed by atoms with Crippen molar-refractivity contribution in [1.82, 2.24) is 25.2 Å². The molecule has 3 aromatic carbocycles. The van der Waals surface area contributed by atoms with Crippen LogP contribution in [0.2, 0.25) is 0 Å². The summed E-state index contributed by atoms with van der Waals surface area (Å²) in [5.74, 6) is 0.668. The molecule has 0 atom stereocenters. The molecular weight excluding hydrogens is 346 g/mol. The first-order valence-corrected chi connectivity index (χ1v) is 9.10. The molecule has 0 N–H and O–H groups in total. The van der Waals surface area contributed by atoms with Crippen LogP contribution in [-0.4, -0.2) is 25.2 Å². The van der Waals surface area contributed by atoms with Crippen LogP contribution >= 0.6 is 0 Å². The number of tetrazole rings is 1. The van der Waals surface area contributed by atoms with E-state index in [-0.39, 0.29) is 0 Å². The third kappa shape index (κ3) is 2.74. The Bertz CT molecular complexity index is 1260. The molecular formula is C23H17N5. The van der Waals surface area contributed by atoms with E-state index >= 15 is 0 Å². The Balaban J connectivity index is 1.80. The molecule has 5 aromatic rings. The highest BCUT2D eigenvalue weighted by molar-refractivity contribution is 6.01. The van der Waals surface area contributed by atoms with Crippen LogP contribution in [0.1, 0.15) is 5.56 Å². The summed E-state index contributed by atoms with van der Waals surface area (Å²) in [5, 5.41) is 13.6. The summed E-state index contributed by atoms with van der Waals surface area (Å²) >= 11 is 0. The van der Waals surface area contributed by atoms with Crippen molar-refractivity contribution >= 4 is 10.9 Å². The molecule has 28 heavy (non-hydrogen) atoms. The maximum absolute atomic E-state index is 4.66. The number of fused-ring (bicyclic) bond motifs is 1. The maximum atomic E-state index is 4.66. The summed E-state index contributed by atoms with van der Waals surface area (Å²) in [6, 6.07) is 26.6. The monoisotopic (exact) mass is 363 g/mol. The van der Waals surface area contributed by atoms with Crippen molar-refractivity contribution in [3.05, 3.63) is 90.6 Å².